The van der Waals surface area contributed by atoms with Gasteiger partial charge < -0.3 is 9.64 Å². The van der Waals surface area contributed by atoms with Crippen LogP contribution in [0.15, 0.2) is 48.5 Å². The number of ether oxygens (including phenoxy) is 1. The van der Waals surface area contributed by atoms with Gasteiger partial charge in [0.2, 0.25) is 5.91 Å². The van der Waals surface area contributed by atoms with Gasteiger partial charge in [0.05, 0.1) is 7.11 Å². The van der Waals surface area contributed by atoms with Crippen molar-refractivity contribution in [3.8, 4) is 5.75 Å². The molecule has 34 heavy (non-hydrogen) atoms. The number of benzene rings is 2. The highest BCUT2D eigenvalue weighted by atomic mass is 19.1. The van der Waals surface area contributed by atoms with Crippen molar-refractivity contribution in [1.29, 1.82) is 0 Å². The van der Waals surface area contributed by atoms with E-state index < -0.39 is 0 Å². The van der Waals surface area contributed by atoms with Gasteiger partial charge in [-0.3, -0.25) is 9.69 Å². The minimum Gasteiger partial charge on any atom is -0.497 e. The number of rotatable bonds is 8. The van der Waals surface area contributed by atoms with E-state index in [0.717, 1.165) is 50.3 Å². The van der Waals surface area contributed by atoms with Crippen molar-refractivity contribution < 1.29 is 13.9 Å². The number of likely N-dealkylation sites (tertiary alicyclic amines) is 1. The van der Waals surface area contributed by atoms with E-state index in [1.165, 1.54) is 37.0 Å². The van der Waals surface area contributed by atoms with Gasteiger partial charge in [-0.1, -0.05) is 57.4 Å². The van der Waals surface area contributed by atoms with Crippen LogP contribution in [0.5, 0.6) is 5.75 Å². The molecule has 2 atom stereocenters. The molecule has 1 saturated heterocycles. The van der Waals surface area contributed by atoms with Crippen molar-refractivity contribution in [2.75, 3.05) is 26.7 Å². The zero-order valence-corrected chi connectivity index (χ0v) is 20.9. The Morgan fingerprint density at radius 2 is 1.82 bits per heavy atom. The lowest BCUT2D eigenvalue weighted by molar-refractivity contribution is -0.138. The molecule has 0 spiro atoms. The predicted octanol–water partition coefficient (Wildman–Crippen LogP) is 5.87. The van der Waals surface area contributed by atoms with E-state index in [9.17, 15) is 9.18 Å². The minimum absolute atomic E-state index is 0.00826. The third-order valence-electron chi connectivity index (χ3n) is 7.58. The number of amides is 1. The van der Waals surface area contributed by atoms with Gasteiger partial charge >= 0.3 is 0 Å². The molecule has 1 amide bonds. The molecule has 1 aliphatic heterocycles. The van der Waals surface area contributed by atoms with Crippen molar-refractivity contribution in [2.45, 2.75) is 64.5 Å². The van der Waals surface area contributed by atoms with Crippen molar-refractivity contribution in [2.24, 2.45) is 11.8 Å². The molecule has 2 aliphatic rings. The normalized spacial score (nSPS) is 21.7. The fraction of sp³-hybridized carbons (Fsp3) is 0.552. The van der Waals surface area contributed by atoms with Crippen LogP contribution in [0.1, 0.15) is 63.0 Å². The Kier molecular flexibility index (Phi) is 8.25. The predicted molar refractivity (Wildman–Crippen MR) is 134 cm³/mol. The van der Waals surface area contributed by atoms with Crippen molar-refractivity contribution >= 4 is 5.91 Å². The Labute approximate surface area is 204 Å². The number of hydrogen-bond acceptors (Lipinski definition) is 3. The molecule has 1 saturated carbocycles. The summed E-state index contributed by atoms with van der Waals surface area (Å²) in [5, 5.41) is 0. The largest absolute Gasteiger partial charge is 0.497 e. The maximum absolute atomic E-state index is 13.4. The Morgan fingerprint density at radius 1 is 1.09 bits per heavy atom. The quantitative estimate of drug-likeness (QED) is 0.488. The van der Waals surface area contributed by atoms with E-state index in [0.29, 0.717) is 17.9 Å². The molecule has 2 fully saturated rings. The second-order valence-corrected chi connectivity index (χ2v) is 10.4. The SMILES string of the molecule is COc1cccc(C2CN(Cc3ccc(F)cc3)CC2CN(C(=O)C(C)C)C2CCCCC2)c1. The maximum atomic E-state index is 13.4. The molecule has 0 radical (unpaired) electrons. The topological polar surface area (TPSA) is 32.8 Å². The summed E-state index contributed by atoms with van der Waals surface area (Å²) in [5.74, 6) is 1.63. The highest BCUT2D eigenvalue weighted by Gasteiger charge is 2.38. The van der Waals surface area contributed by atoms with Crippen LogP contribution in [0.25, 0.3) is 0 Å². The van der Waals surface area contributed by atoms with Gasteiger partial charge in [-0.25, -0.2) is 4.39 Å². The lowest BCUT2D eigenvalue weighted by Gasteiger charge is -2.38. The molecule has 2 aromatic carbocycles. The molecule has 4 rings (SSSR count). The van der Waals surface area contributed by atoms with Crippen molar-refractivity contribution in [3.05, 3.63) is 65.5 Å². The van der Waals surface area contributed by atoms with Crippen LogP contribution in [-0.4, -0.2) is 48.5 Å². The number of nitrogens with zero attached hydrogens (tertiary/aromatic N) is 2. The van der Waals surface area contributed by atoms with E-state index in [-0.39, 0.29) is 17.6 Å². The second-order valence-electron chi connectivity index (χ2n) is 10.4. The highest BCUT2D eigenvalue weighted by molar-refractivity contribution is 5.78. The number of carbonyl (C=O) groups excluding carboxylic acids is 1. The van der Waals surface area contributed by atoms with Crippen LogP contribution in [-0.2, 0) is 11.3 Å². The van der Waals surface area contributed by atoms with Crippen LogP contribution < -0.4 is 4.74 Å². The summed E-state index contributed by atoms with van der Waals surface area (Å²) in [7, 11) is 1.71. The monoisotopic (exact) mass is 466 g/mol. The van der Waals surface area contributed by atoms with Gasteiger partial charge in [0, 0.05) is 44.1 Å². The average Bonchev–Trinajstić information content (AvgIpc) is 3.26. The van der Waals surface area contributed by atoms with Crippen LogP contribution >= 0.6 is 0 Å². The molecule has 4 nitrogen and oxygen atoms in total. The number of carbonyl (C=O) groups is 1. The summed E-state index contributed by atoms with van der Waals surface area (Å²) in [6.45, 7) is 7.47. The molecule has 2 unspecified atom stereocenters. The van der Waals surface area contributed by atoms with Gasteiger partial charge in [-0.05, 0) is 54.2 Å². The molecular formula is C29H39FN2O2. The number of hydrogen-bond donors (Lipinski definition) is 0. The first-order valence-corrected chi connectivity index (χ1v) is 12.9. The lowest BCUT2D eigenvalue weighted by Crippen LogP contribution is -2.47. The minimum atomic E-state index is -0.201. The first kappa shape index (κ1) is 24.7. The van der Waals surface area contributed by atoms with Crippen LogP contribution in [0, 0.1) is 17.7 Å². The molecule has 1 heterocycles. The summed E-state index contributed by atoms with van der Waals surface area (Å²) in [6, 6.07) is 15.6. The molecule has 0 aromatic heterocycles. The van der Waals surface area contributed by atoms with Gasteiger partial charge in [0.15, 0.2) is 0 Å². The van der Waals surface area contributed by atoms with E-state index in [4.69, 9.17) is 4.74 Å². The average molecular weight is 467 g/mol. The fourth-order valence-corrected chi connectivity index (χ4v) is 5.77. The zero-order chi connectivity index (χ0) is 24.1. The number of halogens is 1. The molecule has 0 bridgehead atoms. The summed E-state index contributed by atoms with van der Waals surface area (Å²) in [6.07, 6.45) is 5.95. The van der Waals surface area contributed by atoms with Gasteiger partial charge in [0.25, 0.3) is 0 Å². The highest BCUT2D eigenvalue weighted by Crippen LogP contribution is 2.37. The fourth-order valence-electron chi connectivity index (χ4n) is 5.77. The van der Waals surface area contributed by atoms with E-state index >= 15 is 0 Å². The molecule has 2 aromatic rings. The van der Waals surface area contributed by atoms with E-state index in [1.807, 2.05) is 32.0 Å². The second kappa shape index (κ2) is 11.4. The number of methoxy groups -OCH3 is 1. The smallest absolute Gasteiger partial charge is 0.225 e. The van der Waals surface area contributed by atoms with Crippen LogP contribution in [0.4, 0.5) is 4.39 Å². The summed E-state index contributed by atoms with van der Waals surface area (Å²) in [4.78, 5) is 18.0. The first-order valence-electron chi connectivity index (χ1n) is 12.9. The third kappa shape index (κ3) is 5.99. The summed E-state index contributed by atoms with van der Waals surface area (Å²) in [5.41, 5.74) is 2.39. The Bertz CT molecular complexity index is 939. The molecule has 0 N–H and O–H groups in total. The Hall–Kier alpha value is -2.40. The zero-order valence-electron chi connectivity index (χ0n) is 20.9. The van der Waals surface area contributed by atoms with Gasteiger partial charge in [0.1, 0.15) is 11.6 Å². The van der Waals surface area contributed by atoms with Gasteiger partial charge in [-0.15, -0.1) is 0 Å². The van der Waals surface area contributed by atoms with E-state index in [2.05, 4.69) is 28.0 Å². The Morgan fingerprint density at radius 3 is 2.50 bits per heavy atom. The summed E-state index contributed by atoms with van der Waals surface area (Å²) < 4.78 is 18.9. The standard InChI is InChI=1S/C29H39FN2O2/c1-21(2)29(33)32(26-9-5-4-6-10-26)19-24-18-31(17-22-12-14-25(30)15-13-22)20-28(24)23-8-7-11-27(16-23)34-3/h7-8,11-16,21,24,26,28H,4-6,9-10,17-20H2,1-3H3. The van der Waals surface area contributed by atoms with Crippen molar-refractivity contribution in [1.82, 2.24) is 9.80 Å². The first-order chi connectivity index (χ1) is 16.4. The summed E-state index contributed by atoms with van der Waals surface area (Å²) >= 11 is 0. The lowest BCUT2D eigenvalue weighted by atomic mass is 9.86. The van der Waals surface area contributed by atoms with Crippen molar-refractivity contribution in [3.63, 3.8) is 0 Å². The molecule has 5 heteroatoms. The Balaban J connectivity index is 1.58. The van der Waals surface area contributed by atoms with Gasteiger partial charge in [-0.2, -0.15) is 0 Å². The van der Waals surface area contributed by atoms with Crippen LogP contribution in [0.3, 0.4) is 0 Å². The van der Waals surface area contributed by atoms with Crippen LogP contribution in [0.2, 0.25) is 0 Å². The molecule has 184 valence electrons. The van der Waals surface area contributed by atoms with E-state index in [1.54, 1.807) is 7.11 Å². The maximum Gasteiger partial charge on any atom is 0.225 e. The third-order valence-corrected chi connectivity index (χ3v) is 7.58. The molecule has 1 aliphatic carbocycles. The molecular weight excluding hydrogens is 427 g/mol.